The minimum atomic E-state index is -3.76. The molecule has 0 aromatic carbocycles. The third kappa shape index (κ3) is 3.78. The topological polar surface area (TPSA) is 91.4 Å². The largest absolute Gasteiger partial charge is 0.369 e. The number of rotatable bonds is 5. The number of hydrogen-bond acceptors (Lipinski definition) is 6. The molecule has 0 amide bonds. The first-order chi connectivity index (χ1) is 12.9. The fourth-order valence-corrected chi connectivity index (χ4v) is 4.77. The van der Waals surface area contributed by atoms with Crippen molar-refractivity contribution in [2.24, 2.45) is 21.6 Å². The van der Waals surface area contributed by atoms with Crippen molar-refractivity contribution in [3.63, 3.8) is 0 Å². The highest BCUT2D eigenvalue weighted by Crippen LogP contribution is 2.43. The normalized spacial score (nSPS) is 27.2. The Morgan fingerprint density at radius 2 is 2.18 bits per heavy atom. The summed E-state index contributed by atoms with van der Waals surface area (Å²) in [5.74, 6) is 5.34. The molecule has 1 aliphatic heterocycles. The fourth-order valence-electron chi connectivity index (χ4n) is 3.19. The number of nitrogens with zero attached hydrogens (tertiary/aromatic N) is 4. The maximum absolute atomic E-state index is 15.3. The van der Waals surface area contributed by atoms with Crippen molar-refractivity contribution in [3.8, 4) is 11.8 Å². The van der Waals surface area contributed by atoms with Gasteiger partial charge in [0.25, 0.3) is 0 Å². The lowest BCUT2D eigenvalue weighted by Crippen LogP contribution is -2.66. The molecule has 9 heteroatoms. The van der Waals surface area contributed by atoms with E-state index in [0.29, 0.717) is 11.6 Å². The van der Waals surface area contributed by atoms with E-state index in [0.717, 1.165) is 17.1 Å². The summed E-state index contributed by atoms with van der Waals surface area (Å²) in [7, 11) is -0.794. The van der Waals surface area contributed by atoms with E-state index < -0.39 is 32.7 Å². The van der Waals surface area contributed by atoms with E-state index in [1.165, 1.54) is 19.3 Å². The zero-order valence-electron chi connectivity index (χ0n) is 17.0. The number of sulfonamides is 1. The van der Waals surface area contributed by atoms with Gasteiger partial charge in [-0.1, -0.05) is 12.0 Å². The van der Waals surface area contributed by atoms with Gasteiger partial charge in [0.15, 0.2) is 0 Å². The fraction of sp³-hybridized carbons (Fsp3) is 0.579. The molecule has 28 heavy (non-hydrogen) atoms. The molecule has 0 radical (unpaired) electrons. The van der Waals surface area contributed by atoms with Gasteiger partial charge < -0.3 is 10.6 Å². The SMILES string of the molecule is C=N/C=C(/C#CC1CC1)N(C)C(C)(/C(F)=C\C)[C@]1(C)CS(=O)(=O)N(C)C(N)=N1. The highest BCUT2D eigenvalue weighted by molar-refractivity contribution is 7.89. The van der Waals surface area contributed by atoms with Crippen LogP contribution in [0.25, 0.3) is 0 Å². The molecule has 2 aliphatic rings. The van der Waals surface area contributed by atoms with Gasteiger partial charge in [0, 0.05) is 20.0 Å². The Labute approximate surface area is 166 Å². The predicted octanol–water partition coefficient (Wildman–Crippen LogP) is 1.85. The lowest BCUT2D eigenvalue weighted by atomic mass is 9.78. The maximum Gasteiger partial charge on any atom is 0.239 e. The van der Waals surface area contributed by atoms with Crippen molar-refractivity contribution in [2.75, 3.05) is 19.8 Å². The van der Waals surface area contributed by atoms with Gasteiger partial charge >= 0.3 is 0 Å². The summed E-state index contributed by atoms with van der Waals surface area (Å²) in [6.45, 7) is 8.19. The Kier molecular flexibility index (Phi) is 5.95. The molecule has 1 saturated carbocycles. The Morgan fingerprint density at radius 1 is 1.57 bits per heavy atom. The summed E-state index contributed by atoms with van der Waals surface area (Å²) in [6.07, 6.45) is 4.81. The van der Waals surface area contributed by atoms with Crippen LogP contribution in [-0.4, -0.2) is 61.2 Å². The smallest absolute Gasteiger partial charge is 0.239 e. The second-order valence-corrected chi connectivity index (χ2v) is 9.48. The van der Waals surface area contributed by atoms with Gasteiger partial charge in [0.2, 0.25) is 16.0 Å². The minimum Gasteiger partial charge on any atom is -0.369 e. The van der Waals surface area contributed by atoms with Crippen LogP contribution in [-0.2, 0) is 10.0 Å². The van der Waals surface area contributed by atoms with E-state index >= 15 is 4.39 Å². The van der Waals surface area contributed by atoms with Crippen LogP contribution in [0.15, 0.2) is 33.8 Å². The van der Waals surface area contributed by atoms with Gasteiger partial charge in [-0.15, -0.1) is 0 Å². The van der Waals surface area contributed by atoms with E-state index in [1.54, 1.807) is 32.7 Å². The second-order valence-electron chi connectivity index (χ2n) is 7.48. The first-order valence-electron chi connectivity index (χ1n) is 8.98. The van der Waals surface area contributed by atoms with Gasteiger partial charge in [-0.05, 0) is 46.3 Å². The summed E-state index contributed by atoms with van der Waals surface area (Å²) in [6, 6.07) is 0. The van der Waals surface area contributed by atoms with Crippen LogP contribution in [0, 0.1) is 17.8 Å². The highest BCUT2D eigenvalue weighted by Gasteiger charge is 2.56. The maximum atomic E-state index is 15.3. The Bertz CT molecular complexity index is 910. The standard InChI is InChI=1S/C19H28FN5O2S/c1-7-16(20)19(3,18(2)13-28(26,27)25(6)17(21)23-18)24(5)15(12-22-4)11-10-14-8-9-14/h7,12,14H,4,8-9,13H2,1-3,5-6H3,(H2,21,23)/b15-12-,16-7+/t18-,19?/m0/s1. The molecular formula is C19H28FN5O2S. The first-order valence-corrected chi connectivity index (χ1v) is 10.6. The minimum absolute atomic E-state index is 0.186. The molecule has 0 aromatic rings. The average Bonchev–Trinajstić information content (AvgIpc) is 3.45. The molecule has 7 nitrogen and oxygen atoms in total. The van der Waals surface area contributed by atoms with Gasteiger partial charge in [-0.25, -0.2) is 22.1 Å². The molecule has 2 N–H and O–H groups in total. The molecule has 1 aliphatic carbocycles. The summed E-state index contributed by atoms with van der Waals surface area (Å²) in [4.78, 5) is 9.77. The van der Waals surface area contributed by atoms with Gasteiger partial charge in [-0.2, -0.15) is 0 Å². The molecular weight excluding hydrogens is 381 g/mol. The molecule has 0 saturated heterocycles. The molecule has 154 valence electrons. The number of aliphatic imine (C=N–C) groups is 2. The third-order valence-corrected chi connectivity index (χ3v) is 7.51. The van der Waals surface area contributed by atoms with Crippen LogP contribution in [0.4, 0.5) is 4.39 Å². The second kappa shape index (κ2) is 7.59. The van der Waals surface area contributed by atoms with Crippen molar-refractivity contribution in [1.82, 2.24) is 9.21 Å². The van der Waals surface area contributed by atoms with Crippen LogP contribution in [0.5, 0.6) is 0 Å². The molecule has 2 rings (SSSR count). The van der Waals surface area contributed by atoms with Crippen molar-refractivity contribution in [2.45, 2.75) is 44.7 Å². The number of likely N-dealkylation sites (N-methyl/N-ethyl adjacent to an activating group) is 1. The monoisotopic (exact) mass is 409 g/mol. The molecule has 1 unspecified atom stereocenters. The van der Waals surface area contributed by atoms with Crippen LogP contribution in [0.1, 0.15) is 33.6 Å². The highest BCUT2D eigenvalue weighted by atomic mass is 32.2. The molecule has 1 fully saturated rings. The van der Waals surface area contributed by atoms with E-state index in [1.807, 2.05) is 0 Å². The van der Waals surface area contributed by atoms with E-state index in [4.69, 9.17) is 5.73 Å². The summed E-state index contributed by atoms with van der Waals surface area (Å²) < 4.78 is 41.5. The van der Waals surface area contributed by atoms with Crippen molar-refractivity contribution in [1.29, 1.82) is 0 Å². The number of halogens is 1. The van der Waals surface area contributed by atoms with Gasteiger partial charge in [0.05, 0.1) is 12.0 Å². The Morgan fingerprint density at radius 3 is 2.64 bits per heavy atom. The van der Waals surface area contributed by atoms with Crippen LogP contribution in [0.3, 0.4) is 0 Å². The lowest BCUT2D eigenvalue weighted by molar-refractivity contribution is 0.115. The van der Waals surface area contributed by atoms with E-state index in [9.17, 15) is 8.42 Å². The number of nitrogens with two attached hydrogens (primary N) is 1. The van der Waals surface area contributed by atoms with Crippen molar-refractivity contribution < 1.29 is 12.8 Å². The molecule has 2 atom stereocenters. The summed E-state index contributed by atoms with van der Waals surface area (Å²) >= 11 is 0. The number of allylic oxidation sites excluding steroid dienone is 2. The predicted molar refractivity (Wildman–Crippen MR) is 111 cm³/mol. The zero-order valence-corrected chi connectivity index (χ0v) is 17.8. The van der Waals surface area contributed by atoms with Gasteiger partial charge in [-0.3, -0.25) is 4.99 Å². The third-order valence-electron chi connectivity index (χ3n) is 5.56. The van der Waals surface area contributed by atoms with Crippen LogP contribution >= 0.6 is 0 Å². The Balaban J connectivity index is 2.65. The molecule has 1 heterocycles. The quantitative estimate of drug-likeness (QED) is 0.554. The lowest BCUT2D eigenvalue weighted by Gasteiger charge is -2.51. The van der Waals surface area contributed by atoms with E-state index in [-0.39, 0.29) is 5.96 Å². The van der Waals surface area contributed by atoms with Gasteiger partial charge in [0.1, 0.15) is 22.6 Å². The first kappa shape index (κ1) is 22.0. The molecule has 0 aromatic heterocycles. The Hall–Kier alpha value is -2.34. The summed E-state index contributed by atoms with van der Waals surface area (Å²) in [5, 5.41) is 0. The van der Waals surface area contributed by atoms with Crippen molar-refractivity contribution in [3.05, 3.63) is 23.8 Å². The van der Waals surface area contributed by atoms with E-state index in [2.05, 4.69) is 28.5 Å². The number of hydrogen-bond donors (Lipinski definition) is 1. The molecule has 0 spiro atoms. The molecule has 0 bridgehead atoms. The van der Waals surface area contributed by atoms with Crippen LogP contribution in [0.2, 0.25) is 0 Å². The zero-order chi connectivity index (χ0) is 21.3. The van der Waals surface area contributed by atoms with Crippen LogP contribution < -0.4 is 5.73 Å². The van der Waals surface area contributed by atoms with Crippen molar-refractivity contribution >= 4 is 22.7 Å². The average molecular weight is 410 g/mol. The summed E-state index contributed by atoms with van der Waals surface area (Å²) in [5.41, 5.74) is 3.41. The number of guanidine groups is 1.